The van der Waals surface area contributed by atoms with E-state index in [1.54, 1.807) is 0 Å². The quantitative estimate of drug-likeness (QED) is 0.740. The topological polar surface area (TPSA) is 35.0 Å². The first kappa shape index (κ1) is 12.9. The van der Waals surface area contributed by atoms with Crippen molar-refractivity contribution in [2.24, 2.45) is 0 Å². The molecule has 3 heteroatoms. The largest absolute Gasteiger partial charge is 0.464 e. The fraction of sp³-hybridized carbons (Fsp3) is 0.692. The minimum atomic E-state index is 0.194. The second-order valence-corrected chi connectivity index (χ2v) is 4.35. The Bertz CT molecular complexity index is 310. The highest BCUT2D eigenvalue weighted by atomic mass is 16.5. The lowest BCUT2D eigenvalue weighted by Gasteiger charge is -2.27. The second-order valence-electron chi connectivity index (χ2n) is 4.35. The maximum absolute atomic E-state index is 5.24. The van der Waals surface area contributed by atoms with Crippen LogP contribution in [0.15, 0.2) is 12.4 Å². The van der Waals surface area contributed by atoms with Crippen LogP contribution >= 0.6 is 0 Å². The highest BCUT2D eigenvalue weighted by Crippen LogP contribution is 2.31. The van der Waals surface area contributed by atoms with E-state index in [1.165, 1.54) is 18.4 Å². The molecule has 1 heterocycles. The SMILES string of the molecule is CCCC(C)(CC)c1cnc(OCC)nc1. The molecule has 0 aliphatic heterocycles. The number of ether oxygens (including phenoxy) is 1. The van der Waals surface area contributed by atoms with Crippen LogP contribution in [0.5, 0.6) is 6.01 Å². The van der Waals surface area contributed by atoms with Gasteiger partial charge in [-0.3, -0.25) is 0 Å². The lowest BCUT2D eigenvalue weighted by Crippen LogP contribution is -2.21. The molecule has 0 N–H and O–H groups in total. The first-order valence-corrected chi connectivity index (χ1v) is 6.11. The van der Waals surface area contributed by atoms with Gasteiger partial charge in [-0.05, 0) is 30.7 Å². The molecule has 1 atom stereocenters. The fourth-order valence-corrected chi connectivity index (χ4v) is 1.91. The van der Waals surface area contributed by atoms with Gasteiger partial charge in [-0.1, -0.05) is 27.2 Å². The van der Waals surface area contributed by atoms with Crippen LogP contribution in [0.2, 0.25) is 0 Å². The molecule has 0 fully saturated rings. The fourth-order valence-electron chi connectivity index (χ4n) is 1.91. The van der Waals surface area contributed by atoms with E-state index in [4.69, 9.17) is 4.74 Å². The van der Waals surface area contributed by atoms with Crippen molar-refractivity contribution in [1.29, 1.82) is 0 Å². The molecule has 3 nitrogen and oxygen atoms in total. The molecule has 0 spiro atoms. The monoisotopic (exact) mass is 222 g/mol. The molecule has 1 unspecified atom stereocenters. The predicted octanol–water partition coefficient (Wildman–Crippen LogP) is 3.34. The van der Waals surface area contributed by atoms with Crippen molar-refractivity contribution in [3.63, 3.8) is 0 Å². The van der Waals surface area contributed by atoms with Crippen molar-refractivity contribution in [2.75, 3.05) is 6.61 Å². The van der Waals surface area contributed by atoms with Crippen molar-refractivity contribution in [3.05, 3.63) is 18.0 Å². The van der Waals surface area contributed by atoms with E-state index in [0.717, 1.165) is 6.42 Å². The molecule has 0 aromatic carbocycles. The molecule has 90 valence electrons. The molecule has 1 aromatic heterocycles. The first-order valence-electron chi connectivity index (χ1n) is 6.11. The Kier molecular flexibility index (Phi) is 4.71. The Morgan fingerprint density at radius 1 is 1.19 bits per heavy atom. The van der Waals surface area contributed by atoms with Gasteiger partial charge >= 0.3 is 6.01 Å². The summed E-state index contributed by atoms with van der Waals surface area (Å²) in [6, 6.07) is 0.473. The third-order valence-corrected chi connectivity index (χ3v) is 3.18. The molecule has 0 saturated carbocycles. The molecule has 1 rings (SSSR count). The van der Waals surface area contributed by atoms with Crippen LogP contribution in [0, 0.1) is 0 Å². The van der Waals surface area contributed by atoms with Crippen LogP contribution in [-0.2, 0) is 5.41 Å². The van der Waals surface area contributed by atoms with Crippen molar-refractivity contribution >= 4 is 0 Å². The zero-order valence-electron chi connectivity index (χ0n) is 10.8. The molecule has 0 radical (unpaired) electrons. The number of rotatable bonds is 6. The molecular formula is C13H22N2O. The molecule has 0 aliphatic rings. The van der Waals surface area contributed by atoms with E-state index < -0.39 is 0 Å². The third kappa shape index (κ3) is 2.94. The lowest BCUT2D eigenvalue weighted by molar-refractivity contribution is 0.310. The van der Waals surface area contributed by atoms with Gasteiger partial charge in [0.2, 0.25) is 0 Å². The number of nitrogens with zero attached hydrogens (tertiary/aromatic N) is 2. The Balaban J connectivity index is 2.85. The van der Waals surface area contributed by atoms with E-state index in [9.17, 15) is 0 Å². The molecule has 0 bridgehead atoms. The van der Waals surface area contributed by atoms with Crippen molar-refractivity contribution in [2.45, 2.75) is 52.4 Å². The van der Waals surface area contributed by atoms with Gasteiger partial charge in [-0.15, -0.1) is 0 Å². The van der Waals surface area contributed by atoms with E-state index >= 15 is 0 Å². The van der Waals surface area contributed by atoms with Gasteiger partial charge in [0.05, 0.1) is 6.61 Å². The van der Waals surface area contributed by atoms with Crippen LogP contribution in [0.3, 0.4) is 0 Å². The summed E-state index contributed by atoms with van der Waals surface area (Å²) >= 11 is 0. The Morgan fingerprint density at radius 3 is 2.25 bits per heavy atom. The predicted molar refractivity (Wildman–Crippen MR) is 65.8 cm³/mol. The zero-order chi connectivity index (χ0) is 12.0. The Labute approximate surface area is 98.3 Å². The average molecular weight is 222 g/mol. The summed E-state index contributed by atoms with van der Waals surface area (Å²) in [6.07, 6.45) is 7.25. The third-order valence-electron chi connectivity index (χ3n) is 3.18. The summed E-state index contributed by atoms with van der Waals surface area (Å²) in [7, 11) is 0. The molecule has 16 heavy (non-hydrogen) atoms. The maximum atomic E-state index is 5.24. The smallest absolute Gasteiger partial charge is 0.316 e. The minimum Gasteiger partial charge on any atom is -0.464 e. The first-order chi connectivity index (χ1) is 7.66. The molecule has 0 saturated heterocycles. The van der Waals surface area contributed by atoms with E-state index in [-0.39, 0.29) is 5.41 Å². The second kappa shape index (κ2) is 5.83. The maximum Gasteiger partial charge on any atom is 0.316 e. The van der Waals surface area contributed by atoms with Gasteiger partial charge in [-0.2, -0.15) is 0 Å². The highest BCUT2D eigenvalue weighted by Gasteiger charge is 2.24. The standard InChI is InChI=1S/C13H22N2O/c1-5-8-13(4,6-2)11-9-14-12(15-10-11)16-7-3/h9-10H,5-8H2,1-4H3. The van der Waals surface area contributed by atoms with E-state index in [0.29, 0.717) is 12.6 Å². The minimum absolute atomic E-state index is 0.194. The molecule has 1 aromatic rings. The van der Waals surface area contributed by atoms with Gasteiger partial charge < -0.3 is 4.74 Å². The van der Waals surface area contributed by atoms with Crippen LogP contribution in [0.4, 0.5) is 0 Å². The summed E-state index contributed by atoms with van der Waals surface area (Å²) in [5.74, 6) is 0. The average Bonchev–Trinajstić information content (AvgIpc) is 2.30. The van der Waals surface area contributed by atoms with Gasteiger partial charge in [0.25, 0.3) is 0 Å². The van der Waals surface area contributed by atoms with Crippen molar-refractivity contribution in [1.82, 2.24) is 9.97 Å². The van der Waals surface area contributed by atoms with E-state index in [2.05, 4.69) is 30.7 Å². The molecular weight excluding hydrogens is 200 g/mol. The van der Waals surface area contributed by atoms with Gasteiger partial charge in [0.1, 0.15) is 0 Å². The van der Waals surface area contributed by atoms with Gasteiger partial charge in [-0.25, -0.2) is 9.97 Å². The van der Waals surface area contributed by atoms with Crippen LogP contribution < -0.4 is 4.74 Å². The summed E-state index contributed by atoms with van der Waals surface area (Å²) in [4.78, 5) is 8.46. The van der Waals surface area contributed by atoms with Crippen LogP contribution in [0.25, 0.3) is 0 Å². The van der Waals surface area contributed by atoms with Gasteiger partial charge in [0, 0.05) is 12.4 Å². The summed E-state index contributed by atoms with van der Waals surface area (Å²) in [6.45, 7) is 9.24. The molecule has 0 aliphatic carbocycles. The van der Waals surface area contributed by atoms with Crippen molar-refractivity contribution < 1.29 is 4.74 Å². The summed E-state index contributed by atoms with van der Waals surface area (Å²) < 4.78 is 5.24. The summed E-state index contributed by atoms with van der Waals surface area (Å²) in [5.41, 5.74) is 1.40. The Hall–Kier alpha value is -1.12. The lowest BCUT2D eigenvalue weighted by atomic mass is 9.78. The van der Waals surface area contributed by atoms with Crippen LogP contribution in [-0.4, -0.2) is 16.6 Å². The summed E-state index contributed by atoms with van der Waals surface area (Å²) in [5, 5.41) is 0. The van der Waals surface area contributed by atoms with Crippen molar-refractivity contribution in [3.8, 4) is 6.01 Å². The highest BCUT2D eigenvalue weighted by molar-refractivity contribution is 5.19. The van der Waals surface area contributed by atoms with E-state index in [1.807, 2.05) is 19.3 Å². The normalized spacial score (nSPS) is 14.5. The number of hydrogen-bond donors (Lipinski definition) is 0. The number of aromatic nitrogens is 2. The number of hydrogen-bond acceptors (Lipinski definition) is 3. The molecule has 0 amide bonds. The van der Waals surface area contributed by atoms with Gasteiger partial charge in [0.15, 0.2) is 0 Å². The van der Waals surface area contributed by atoms with Crippen LogP contribution in [0.1, 0.15) is 52.5 Å². The zero-order valence-corrected chi connectivity index (χ0v) is 10.8. The Morgan fingerprint density at radius 2 is 1.81 bits per heavy atom.